The third-order valence-electron chi connectivity index (χ3n) is 2.52. The summed E-state index contributed by atoms with van der Waals surface area (Å²) >= 11 is 4.72. The highest BCUT2D eigenvalue weighted by molar-refractivity contribution is 9.11. The summed E-state index contributed by atoms with van der Waals surface area (Å²) < 4.78 is 11.6. The molecule has 4 nitrogen and oxygen atoms in total. The number of anilines is 1. The Balaban J connectivity index is 2.17. The van der Waals surface area contributed by atoms with Crippen molar-refractivity contribution in [3.8, 4) is 11.5 Å². The van der Waals surface area contributed by atoms with Gasteiger partial charge in [-0.3, -0.25) is 4.79 Å². The number of hydrogen-bond donors (Lipinski definition) is 1. The molecular formula is C14H14BrNO3S. The number of nitrogens with one attached hydrogen (secondary N) is 1. The Morgan fingerprint density at radius 2 is 2.10 bits per heavy atom. The Labute approximate surface area is 129 Å². The summed E-state index contributed by atoms with van der Waals surface area (Å²) in [6.45, 7) is 2.43. The van der Waals surface area contributed by atoms with Crippen LogP contribution in [0.15, 0.2) is 34.1 Å². The first-order valence-corrected chi connectivity index (χ1v) is 7.62. The number of rotatable bonds is 5. The average Bonchev–Trinajstić information content (AvgIpc) is 2.86. The molecule has 0 unspecified atom stereocenters. The Hall–Kier alpha value is -1.53. The fraction of sp³-hybridized carbons (Fsp3) is 0.214. The summed E-state index contributed by atoms with van der Waals surface area (Å²) in [5.74, 6) is 1.11. The Morgan fingerprint density at radius 1 is 1.30 bits per heavy atom. The summed E-state index contributed by atoms with van der Waals surface area (Å²) in [5.41, 5.74) is 0.670. The van der Waals surface area contributed by atoms with E-state index in [1.807, 2.05) is 13.0 Å². The van der Waals surface area contributed by atoms with Crippen molar-refractivity contribution < 1.29 is 14.3 Å². The van der Waals surface area contributed by atoms with E-state index in [2.05, 4.69) is 21.2 Å². The number of carbonyl (C=O) groups excluding carboxylic acids is 1. The first kappa shape index (κ1) is 14.9. The van der Waals surface area contributed by atoms with Crippen molar-refractivity contribution in [1.29, 1.82) is 0 Å². The topological polar surface area (TPSA) is 47.6 Å². The summed E-state index contributed by atoms with van der Waals surface area (Å²) in [4.78, 5) is 12.7. The number of halogens is 1. The van der Waals surface area contributed by atoms with E-state index >= 15 is 0 Å². The highest BCUT2D eigenvalue weighted by Crippen LogP contribution is 2.31. The number of thiophene rings is 1. The summed E-state index contributed by atoms with van der Waals surface area (Å²) in [5, 5.41) is 2.84. The van der Waals surface area contributed by atoms with Gasteiger partial charge in [0.1, 0.15) is 0 Å². The Morgan fingerprint density at radius 3 is 2.70 bits per heavy atom. The summed E-state index contributed by atoms with van der Waals surface area (Å²) in [6, 6.07) is 8.92. The Kier molecular flexibility index (Phi) is 5.03. The van der Waals surface area contributed by atoms with E-state index in [1.165, 1.54) is 11.3 Å². The standard InChI is InChI=1S/C14H14BrNO3S/c1-3-19-11-8-9(4-5-10(11)18-2)16-14(17)12-6-7-13(15)20-12/h4-8H,3H2,1-2H3,(H,16,17). The fourth-order valence-corrected chi connectivity index (χ4v) is 2.93. The van der Waals surface area contributed by atoms with E-state index in [1.54, 1.807) is 31.4 Å². The molecule has 0 saturated carbocycles. The van der Waals surface area contributed by atoms with Gasteiger partial charge in [0.25, 0.3) is 5.91 Å². The molecule has 1 aromatic heterocycles. The highest BCUT2D eigenvalue weighted by atomic mass is 79.9. The normalized spacial score (nSPS) is 10.2. The first-order chi connectivity index (χ1) is 9.63. The second-order valence-electron chi connectivity index (χ2n) is 3.86. The van der Waals surface area contributed by atoms with Gasteiger partial charge >= 0.3 is 0 Å². The predicted molar refractivity (Wildman–Crippen MR) is 84.1 cm³/mol. The van der Waals surface area contributed by atoms with Crippen molar-refractivity contribution in [2.45, 2.75) is 6.92 Å². The monoisotopic (exact) mass is 355 g/mol. The van der Waals surface area contributed by atoms with Crippen molar-refractivity contribution in [1.82, 2.24) is 0 Å². The van der Waals surface area contributed by atoms with Crippen molar-refractivity contribution >= 4 is 38.9 Å². The van der Waals surface area contributed by atoms with Crippen LogP contribution in [0.3, 0.4) is 0 Å². The second-order valence-corrected chi connectivity index (χ2v) is 6.32. The molecular weight excluding hydrogens is 342 g/mol. The molecule has 0 atom stereocenters. The van der Waals surface area contributed by atoms with Gasteiger partial charge in [0, 0.05) is 11.8 Å². The quantitative estimate of drug-likeness (QED) is 0.875. The maximum absolute atomic E-state index is 12.1. The molecule has 1 heterocycles. The van der Waals surface area contributed by atoms with Crippen LogP contribution in [0.25, 0.3) is 0 Å². The van der Waals surface area contributed by atoms with Crippen molar-refractivity contribution in [3.05, 3.63) is 39.0 Å². The lowest BCUT2D eigenvalue weighted by molar-refractivity contribution is 0.103. The van der Waals surface area contributed by atoms with Gasteiger partial charge < -0.3 is 14.8 Å². The van der Waals surface area contributed by atoms with Crippen LogP contribution in [0.1, 0.15) is 16.6 Å². The molecule has 6 heteroatoms. The molecule has 0 spiro atoms. The zero-order valence-corrected chi connectivity index (χ0v) is 13.5. The van der Waals surface area contributed by atoms with Gasteiger partial charge in [0.2, 0.25) is 0 Å². The van der Waals surface area contributed by atoms with E-state index in [9.17, 15) is 4.79 Å². The smallest absolute Gasteiger partial charge is 0.265 e. The van der Waals surface area contributed by atoms with E-state index in [0.717, 1.165) is 3.79 Å². The number of amides is 1. The van der Waals surface area contributed by atoms with Gasteiger partial charge in [0.15, 0.2) is 11.5 Å². The molecule has 0 radical (unpaired) electrons. The molecule has 0 bridgehead atoms. The van der Waals surface area contributed by atoms with Crippen LogP contribution in [0.5, 0.6) is 11.5 Å². The van der Waals surface area contributed by atoms with Gasteiger partial charge in [-0.15, -0.1) is 11.3 Å². The number of ether oxygens (including phenoxy) is 2. The first-order valence-electron chi connectivity index (χ1n) is 6.01. The third kappa shape index (κ3) is 3.52. The van der Waals surface area contributed by atoms with E-state index in [0.29, 0.717) is 28.7 Å². The van der Waals surface area contributed by atoms with Gasteiger partial charge in [-0.2, -0.15) is 0 Å². The maximum Gasteiger partial charge on any atom is 0.265 e. The van der Waals surface area contributed by atoms with Crippen LogP contribution in [0, 0.1) is 0 Å². The van der Waals surface area contributed by atoms with E-state index in [-0.39, 0.29) is 5.91 Å². The average molecular weight is 356 g/mol. The zero-order chi connectivity index (χ0) is 14.5. The molecule has 20 heavy (non-hydrogen) atoms. The van der Waals surface area contributed by atoms with Crippen LogP contribution in [0.2, 0.25) is 0 Å². The number of hydrogen-bond acceptors (Lipinski definition) is 4. The Bertz CT molecular complexity index is 612. The molecule has 1 amide bonds. The molecule has 0 fully saturated rings. The minimum atomic E-state index is -0.145. The lowest BCUT2D eigenvalue weighted by Crippen LogP contribution is -2.10. The molecule has 1 aromatic carbocycles. The molecule has 2 aromatic rings. The lowest BCUT2D eigenvalue weighted by Gasteiger charge is -2.11. The van der Waals surface area contributed by atoms with Gasteiger partial charge in [-0.25, -0.2) is 0 Å². The number of benzene rings is 1. The molecule has 0 aliphatic heterocycles. The summed E-state index contributed by atoms with van der Waals surface area (Å²) in [6.07, 6.45) is 0. The van der Waals surface area contributed by atoms with Crippen molar-refractivity contribution in [3.63, 3.8) is 0 Å². The third-order valence-corrected chi connectivity index (χ3v) is 4.14. The van der Waals surface area contributed by atoms with E-state index < -0.39 is 0 Å². The van der Waals surface area contributed by atoms with Crippen LogP contribution in [-0.4, -0.2) is 19.6 Å². The minimum absolute atomic E-state index is 0.145. The molecule has 0 saturated heterocycles. The molecule has 106 valence electrons. The second kappa shape index (κ2) is 6.76. The minimum Gasteiger partial charge on any atom is -0.493 e. The largest absolute Gasteiger partial charge is 0.493 e. The van der Waals surface area contributed by atoms with Crippen LogP contribution < -0.4 is 14.8 Å². The lowest BCUT2D eigenvalue weighted by atomic mass is 10.2. The molecule has 0 aliphatic carbocycles. The molecule has 1 N–H and O–H groups in total. The fourth-order valence-electron chi connectivity index (χ4n) is 1.65. The van der Waals surface area contributed by atoms with Crippen LogP contribution >= 0.6 is 27.3 Å². The molecule has 0 aliphatic rings. The van der Waals surface area contributed by atoms with Gasteiger partial charge in [0.05, 0.1) is 22.4 Å². The predicted octanol–water partition coefficient (Wildman–Crippen LogP) is 4.17. The number of methoxy groups -OCH3 is 1. The summed E-state index contributed by atoms with van der Waals surface area (Å²) in [7, 11) is 1.58. The van der Waals surface area contributed by atoms with Crippen molar-refractivity contribution in [2.24, 2.45) is 0 Å². The van der Waals surface area contributed by atoms with Crippen LogP contribution in [0.4, 0.5) is 5.69 Å². The molecule has 2 rings (SSSR count). The maximum atomic E-state index is 12.1. The van der Waals surface area contributed by atoms with Crippen molar-refractivity contribution in [2.75, 3.05) is 19.0 Å². The van der Waals surface area contributed by atoms with Crippen LogP contribution in [-0.2, 0) is 0 Å². The van der Waals surface area contributed by atoms with Gasteiger partial charge in [-0.05, 0) is 47.1 Å². The SMILES string of the molecule is CCOc1cc(NC(=O)c2ccc(Br)s2)ccc1OC. The zero-order valence-electron chi connectivity index (χ0n) is 11.1. The van der Waals surface area contributed by atoms with Gasteiger partial charge in [-0.1, -0.05) is 0 Å². The van der Waals surface area contributed by atoms with E-state index in [4.69, 9.17) is 9.47 Å². The number of carbonyl (C=O) groups is 1. The highest BCUT2D eigenvalue weighted by Gasteiger charge is 2.11.